The number of phenols is 1. The summed E-state index contributed by atoms with van der Waals surface area (Å²) in [7, 11) is 0. The molecule has 0 aliphatic carbocycles. The fourth-order valence-corrected chi connectivity index (χ4v) is 4.00. The number of para-hydroxylation sites is 1. The number of amides is 1. The van der Waals surface area contributed by atoms with Crippen LogP contribution in [0.15, 0.2) is 42.2 Å². The molecule has 4 rings (SSSR count). The number of benzene rings is 2. The Balaban J connectivity index is 1.53. The van der Waals surface area contributed by atoms with Gasteiger partial charge in [0.15, 0.2) is 5.76 Å². The van der Waals surface area contributed by atoms with Gasteiger partial charge in [0, 0.05) is 38.3 Å². The number of hydrogen-bond donors (Lipinski definition) is 1. The Kier molecular flexibility index (Phi) is 6.84. The van der Waals surface area contributed by atoms with Crippen LogP contribution in [0.1, 0.15) is 35.3 Å². The predicted octanol–water partition coefficient (Wildman–Crippen LogP) is 3.68. The third-order valence-electron chi connectivity index (χ3n) is 5.70. The minimum atomic E-state index is -0.309. The van der Waals surface area contributed by atoms with Gasteiger partial charge >= 0.3 is 6.09 Å². The molecular formula is C25H28N2O6. The van der Waals surface area contributed by atoms with Crippen LogP contribution in [-0.2, 0) is 11.3 Å². The molecule has 174 valence electrons. The van der Waals surface area contributed by atoms with Crippen LogP contribution in [0.25, 0.3) is 6.08 Å². The fraction of sp³-hybridized carbons (Fsp3) is 0.360. The quantitative estimate of drug-likeness (QED) is 0.669. The van der Waals surface area contributed by atoms with E-state index in [1.165, 1.54) is 6.07 Å². The normalized spacial score (nSPS) is 17.1. The van der Waals surface area contributed by atoms with E-state index in [9.17, 15) is 14.7 Å². The van der Waals surface area contributed by atoms with Gasteiger partial charge in [0.25, 0.3) is 0 Å². The Morgan fingerprint density at radius 1 is 1.09 bits per heavy atom. The first-order chi connectivity index (χ1) is 16.0. The lowest BCUT2D eigenvalue weighted by molar-refractivity contribution is 0.0774. The number of ketones is 1. The second kappa shape index (κ2) is 9.95. The zero-order chi connectivity index (χ0) is 23.4. The van der Waals surface area contributed by atoms with Gasteiger partial charge in [-0.2, -0.15) is 0 Å². The van der Waals surface area contributed by atoms with Crippen LogP contribution in [0, 0.1) is 0 Å². The molecule has 33 heavy (non-hydrogen) atoms. The number of fused-ring (bicyclic) bond motifs is 1. The van der Waals surface area contributed by atoms with E-state index in [0.717, 1.165) is 5.56 Å². The van der Waals surface area contributed by atoms with Gasteiger partial charge in [-0.1, -0.05) is 18.2 Å². The molecule has 2 aromatic rings. The van der Waals surface area contributed by atoms with Gasteiger partial charge < -0.3 is 24.2 Å². The van der Waals surface area contributed by atoms with Crippen molar-refractivity contribution >= 4 is 18.0 Å². The Morgan fingerprint density at radius 2 is 1.85 bits per heavy atom. The lowest BCUT2D eigenvalue weighted by Gasteiger charge is -2.34. The van der Waals surface area contributed by atoms with E-state index in [4.69, 9.17) is 14.2 Å². The van der Waals surface area contributed by atoms with E-state index < -0.39 is 0 Å². The molecule has 0 unspecified atom stereocenters. The number of nitrogens with zero attached hydrogens (tertiary/aromatic N) is 2. The molecule has 1 saturated heterocycles. The van der Waals surface area contributed by atoms with Gasteiger partial charge in [-0.3, -0.25) is 9.69 Å². The number of carbonyl (C=O) groups is 2. The average molecular weight is 453 g/mol. The monoisotopic (exact) mass is 452 g/mol. The molecule has 2 aliphatic rings. The zero-order valence-electron chi connectivity index (χ0n) is 18.9. The summed E-state index contributed by atoms with van der Waals surface area (Å²) in [5.41, 5.74) is 1.73. The van der Waals surface area contributed by atoms with Crippen molar-refractivity contribution in [3.63, 3.8) is 0 Å². The van der Waals surface area contributed by atoms with Crippen molar-refractivity contribution in [3.05, 3.63) is 58.8 Å². The lowest BCUT2D eigenvalue weighted by Crippen LogP contribution is -2.48. The minimum Gasteiger partial charge on any atom is -0.507 e. The highest BCUT2D eigenvalue weighted by Crippen LogP contribution is 2.40. The van der Waals surface area contributed by atoms with E-state index in [1.54, 1.807) is 24.0 Å². The molecule has 0 bridgehead atoms. The van der Waals surface area contributed by atoms with Crippen LogP contribution in [0.3, 0.4) is 0 Å². The van der Waals surface area contributed by atoms with Crippen LogP contribution in [0.4, 0.5) is 4.79 Å². The molecule has 0 aromatic heterocycles. The Bertz CT molecular complexity index is 1070. The number of aromatic hydroxyl groups is 1. The van der Waals surface area contributed by atoms with E-state index in [0.29, 0.717) is 68.6 Å². The van der Waals surface area contributed by atoms with Crippen LogP contribution in [0.2, 0.25) is 0 Å². The van der Waals surface area contributed by atoms with Crippen molar-refractivity contribution < 1.29 is 28.9 Å². The number of piperazine rings is 1. The summed E-state index contributed by atoms with van der Waals surface area (Å²) >= 11 is 0. The molecule has 2 aliphatic heterocycles. The van der Waals surface area contributed by atoms with Crippen LogP contribution in [-0.4, -0.2) is 66.2 Å². The van der Waals surface area contributed by atoms with Crippen LogP contribution in [0.5, 0.6) is 17.2 Å². The van der Waals surface area contributed by atoms with Gasteiger partial charge in [-0.05, 0) is 38.1 Å². The smallest absolute Gasteiger partial charge is 0.409 e. The molecule has 2 aromatic carbocycles. The largest absolute Gasteiger partial charge is 0.507 e. The maximum absolute atomic E-state index is 13.0. The molecular weight excluding hydrogens is 424 g/mol. The lowest BCUT2D eigenvalue weighted by atomic mass is 10.0. The van der Waals surface area contributed by atoms with Crippen molar-refractivity contribution in [1.29, 1.82) is 0 Å². The van der Waals surface area contributed by atoms with Gasteiger partial charge in [-0.15, -0.1) is 0 Å². The maximum atomic E-state index is 13.0. The molecule has 8 nitrogen and oxygen atoms in total. The highest BCUT2D eigenvalue weighted by Gasteiger charge is 2.32. The Morgan fingerprint density at radius 3 is 2.58 bits per heavy atom. The summed E-state index contributed by atoms with van der Waals surface area (Å²) < 4.78 is 16.7. The molecule has 1 amide bonds. The number of allylic oxidation sites excluding steroid dienone is 1. The SMILES string of the molecule is CCOC(=O)N1CCN(Cc2c(O)ccc3c2O/C(=C/c2ccccc2OCC)C3=O)CC1. The number of ether oxygens (including phenoxy) is 3. The topological polar surface area (TPSA) is 88.5 Å². The first kappa shape index (κ1) is 22.7. The predicted molar refractivity (Wildman–Crippen MR) is 123 cm³/mol. The van der Waals surface area contributed by atoms with E-state index in [2.05, 4.69) is 4.90 Å². The molecule has 2 heterocycles. The molecule has 1 N–H and O–H groups in total. The highest BCUT2D eigenvalue weighted by atomic mass is 16.6. The number of Topliss-reactive ketones (excluding diaryl/α,β-unsaturated/α-hetero) is 1. The summed E-state index contributed by atoms with van der Waals surface area (Å²) in [4.78, 5) is 28.7. The Hall–Kier alpha value is -3.52. The molecule has 8 heteroatoms. The second-order valence-corrected chi connectivity index (χ2v) is 7.81. The third kappa shape index (κ3) is 4.80. The minimum absolute atomic E-state index is 0.0744. The molecule has 0 radical (unpaired) electrons. The van der Waals surface area contributed by atoms with Gasteiger partial charge in [0.05, 0.1) is 24.3 Å². The molecule has 0 atom stereocenters. The molecule has 0 saturated carbocycles. The van der Waals surface area contributed by atoms with Crippen molar-refractivity contribution in [2.24, 2.45) is 0 Å². The second-order valence-electron chi connectivity index (χ2n) is 7.81. The van der Waals surface area contributed by atoms with Crippen molar-refractivity contribution in [2.75, 3.05) is 39.4 Å². The highest BCUT2D eigenvalue weighted by molar-refractivity contribution is 6.15. The first-order valence-electron chi connectivity index (χ1n) is 11.2. The zero-order valence-corrected chi connectivity index (χ0v) is 18.9. The summed E-state index contributed by atoms with van der Waals surface area (Å²) in [5, 5.41) is 10.5. The van der Waals surface area contributed by atoms with E-state index >= 15 is 0 Å². The molecule has 0 spiro atoms. The number of rotatable bonds is 6. The third-order valence-corrected chi connectivity index (χ3v) is 5.70. The number of phenolic OH excluding ortho intramolecular Hbond substituents is 1. The Labute approximate surface area is 193 Å². The summed E-state index contributed by atoms with van der Waals surface area (Å²) in [5.74, 6) is 1.08. The van der Waals surface area contributed by atoms with Crippen LogP contribution >= 0.6 is 0 Å². The summed E-state index contributed by atoms with van der Waals surface area (Å²) in [6.07, 6.45) is 1.36. The summed E-state index contributed by atoms with van der Waals surface area (Å²) in [6.45, 7) is 7.27. The van der Waals surface area contributed by atoms with Gasteiger partial charge in [0.1, 0.15) is 17.2 Å². The molecule has 1 fully saturated rings. The van der Waals surface area contributed by atoms with E-state index in [1.807, 2.05) is 31.2 Å². The van der Waals surface area contributed by atoms with Crippen molar-refractivity contribution in [1.82, 2.24) is 9.80 Å². The average Bonchev–Trinajstić information content (AvgIpc) is 3.13. The summed E-state index contributed by atoms with van der Waals surface area (Å²) in [6, 6.07) is 10.6. The van der Waals surface area contributed by atoms with Crippen LogP contribution < -0.4 is 9.47 Å². The van der Waals surface area contributed by atoms with Crippen molar-refractivity contribution in [2.45, 2.75) is 20.4 Å². The standard InChI is InChI=1S/C25H28N2O6/c1-3-31-21-8-6-5-7-17(21)15-22-23(29)18-9-10-20(28)19(24(18)33-22)16-26-11-13-27(14-12-26)25(30)32-4-2/h5-10,15,28H,3-4,11-14,16H2,1-2H3/b22-15+. The van der Waals surface area contributed by atoms with Gasteiger partial charge in [0.2, 0.25) is 5.78 Å². The van der Waals surface area contributed by atoms with Crippen molar-refractivity contribution in [3.8, 4) is 17.2 Å². The first-order valence-corrected chi connectivity index (χ1v) is 11.2. The number of hydrogen-bond acceptors (Lipinski definition) is 7. The maximum Gasteiger partial charge on any atom is 0.409 e. The van der Waals surface area contributed by atoms with Gasteiger partial charge in [-0.25, -0.2) is 4.79 Å². The van der Waals surface area contributed by atoms with E-state index in [-0.39, 0.29) is 23.4 Å². The number of carbonyl (C=O) groups excluding carboxylic acids is 2. The fourth-order valence-electron chi connectivity index (χ4n) is 4.00.